The van der Waals surface area contributed by atoms with Crippen LogP contribution < -0.4 is 0 Å². The van der Waals surface area contributed by atoms with Crippen molar-refractivity contribution >= 4 is 33.5 Å². The van der Waals surface area contributed by atoms with Crippen molar-refractivity contribution in [3.8, 4) is 0 Å². The molecule has 2 rings (SSSR count). The van der Waals surface area contributed by atoms with E-state index in [1.807, 2.05) is 13.8 Å². The second kappa shape index (κ2) is 3.59. The van der Waals surface area contributed by atoms with Crippen LogP contribution in [-0.2, 0) is 5.75 Å². The Hall–Kier alpha value is -0.350. The van der Waals surface area contributed by atoms with Gasteiger partial charge in [-0.15, -0.1) is 11.8 Å². The van der Waals surface area contributed by atoms with E-state index in [0.29, 0.717) is 5.75 Å². The number of rotatable bonds is 0. The second-order valence-electron chi connectivity index (χ2n) is 4.01. The second-order valence-corrected chi connectivity index (χ2v) is 6.46. The van der Waals surface area contributed by atoms with E-state index in [2.05, 4.69) is 15.9 Å². The molecule has 0 aromatic heterocycles. The lowest BCUT2D eigenvalue weighted by Gasteiger charge is -2.29. The van der Waals surface area contributed by atoms with Crippen molar-refractivity contribution in [2.45, 2.75) is 24.3 Å². The molecule has 1 nitrogen and oxygen atoms in total. The van der Waals surface area contributed by atoms with Crippen LogP contribution in [0, 0.1) is 5.82 Å². The van der Waals surface area contributed by atoms with Gasteiger partial charge in [0.1, 0.15) is 5.82 Å². The molecule has 0 N–H and O–H groups in total. The molecule has 15 heavy (non-hydrogen) atoms. The molecule has 0 aliphatic carbocycles. The van der Waals surface area contributed by atoms with Gasteiger partial charge in [-0.25, -0.2) is 4.39 Å². The zero-order chi connectivity index (χ0) is 11.2. The van der Waals surface area contributed by atoms with Gasteiger partial charge in [0, 0.05) is 10.2 Å². The number of halogens is 2. The predicted molar refractivity (Wildman–Crippen MR) is 63.8 cm³/mol. The summed E-state index contributed by atoms with van der Waals surface area (Å²) in [6.45, 7) is 3.67. The Morgan fingerprint density at radius 1 is 1.47 bits per heavy atom. The smallest absolute Gasteiger partial charge is 0.181 e. The molecular formula is C11H10BrFOS. The van der Waals surface area contributed by atoms with Crippen molar-refractivity contribution in [1.82, 2.24) is 0 Å². The van der Waals surface area contributed by atoms with E-state index < -0.39 is 10.6 Å². The summed E-state index contributed by atoms with van der Waals surface area (Å²) in [6, 6.07) is 2.99. The summed E-state index contributed by atoms with van der Waals surface area (Å²) >= 11 is 4.90. The van der Waals surface area contributed by atoms with Crippen LogP contribution in [0.1, 0.15) is 29.8 Å². The predicted octanol–water partition coefficient (Wildman–Crippen LogP) is 3.80. The number of Topliss-reactive ketones (excluding diaryl/α,β-unsaturated/α-hetero) is 1. The molecule has 0 bridgehead atoms. The summed E-state index contributed by atoms with van der Waals surface area (Å²) in [7, 11) is 0. The molecule has 0 fully saturated rings. The average Bonchev–Trinajstić information content (AvgIpc) is 2.16. The van der Waals surface area contributed by atoms with Gasteiger partial charge in [0.05, 0.1) is 10.3 Å². The Bertz CT molecular complexity index is 442. The molecule has 0 unspecified atom stereocenters. The topological polar surface area (TPSA) is 17.1 Å². The quantitative estimate of drug-likeness (QED) is 0.722. The highest BCUT2D eigenvalue weighted by Crippen LogP contribution is 2.41. The van der Waals surface area contributed by atoms with Gasteiger partial charge >= 0.3 is 0 Å². The van der Waals surface area contributed by atoms with E-state index in [1.165, 1.54) is 6.07 Å². The molecule has 0 saturated carbocycles. The lowest BCUT2D eigenvalue weighted by atomic mass is 9.95. The summed E-state index contributed by atoms with van der Waals surface area (Å²) < 4.78 is 13.9. The zero-order valence-electron chi connectivity index (χ0n) is 8.43. The van der Waals surface area contributed by atoms with Gasteiger partial charge in [0.25, 0.3) is 0 Å². The molecule has 1 aromatic carbocycles. The molecule has 1 heterocycles. The van der Waals surface area contributed by atoms with Crippen molar-refractivity contribution in [3.05, 3.63) is 33.5 Å². The number of benzene rings is 1. The van der Waals surface area contributed by atoms with Gasteiger partial charge in [-0.3, -0.25) is 4.79 Å². The highest BCUT2D eigenvalue weighted by atomic mass is 79.9. The van der Waals surface area contributed by atoms with Crippen molar-refractivity contribution in [2.24, 2.45) is 0 Å². The van der Waals surface area contributed by atoms with E-state index in [0.717, 1.165) is 10.0 Å². The van der Waals surface area contributed by atoms with Gasteiger partial charge in [0.15, 0.2) is 5.78 Å². The molecule has 0 atom stereocenters. The summed E-state index contributed by atoms with van der Waals surface area (Å²) in [5.74, 6) is 0.144. The number of fused-ring (bicyclic) bond motifs is 1. The van der Waals surface area contributed by atoms with Gasteiger partial charge in [-0.05, 0) is 31.5 Å². The third-order valence-corrected chi connectivity index (χ3v) is 4.64. The third kappa shape index (κ3) is 1.74. The first kappa shape index (κ1) is 11.1. The Morgan fingerprint density at radius 2 is 2.13 bits per heavy atom. The van der Waals surface area contributed by atoms with Crippen LogP contribution in [0.2, 0.25) is 0 Å². The van der Waals surface area contributed by atoms with E-state index in [9.17, 15) is 9.18 Å². The highest BCUT2D eigenvalue weighted by Gasteiger charge is 2.37. The van der Waals surface area contributed by atoms with E-state index >= 15 is 0 Å². The molecular weight excluding hydrogens is 279 g/mol. The largest absolute Gasteiger partial charge is 0.293 e. The Balaban J connectivity index is 2.66. The lowest BCUT2D eigenvalue weighted by Crippen LogP contribution is -2.33. The first-order chi connectivity index (χ1) is 6.93. The highest BCUT2D eigenvalue weighted by molar-refractivity contribution is 9.10. The number of thioether (sulfide) groups is 1. The third-order valence-electron chi connectivity index (χ3n) is 2.56. The van der Waals surface area contributed by atoms with Gasteiger partial charge in [0.2, 0.25) is 0 Å². The summed E-state index contributed by atoms with van der Waals surface area (Å²) in [6.07, 6.45) is 0. The minimum atomic E-state index is -0.519. The Labute approximate surface area is 101 Å². The maximum Gasteiger partial charge on any atom is 0.181 e. The molecule has 80 valence electrons. The Morgan fingerprint density at radius 3 is 2.80 bits per heavy atom. The van der Waals surface area contributed by atoms with Crippen molar-refractivity contribution in [3.63, 3.8) is 0 Å². The van der Waals surface area contributed by atoms with Crippen LogP contribution in [0.5, 0.6) is 0 Å². The van der Waals surface area contributed by atoms with Crippen molar-refractivity contribution < 1.29 is 9.18 Å². The minimum absolute atomic E-state index is 0.118. The van der Waals surface area contributed by atoms with E-state index in [1.54, 1.807) is 17.8 Å². The lowest BCUT2D eigenvalue weighted by molar-refractivity contribution is 0.0951. The number of hydrogen-bond donors (Lipinski definition) is 0. The molecule has 4 heteroatoms. The van der Waals surface area contributed by atoms with Crippen molar-refractivity contribution in [2.75, 3.05) is 0 Å². The van der Waals surface area contributed by atoms with Crippen LogP contribution >= 0.6 is 27.7 Å². The molecule has 0 radical (unpaired) electrons. The number of carbonyl (C=O) groups is 1. The van der Waals surface area contributed by atoms with Crippen LogP contribution in [0.3, 0.4) is 0 Å². The first-order valence-electron chi connectivity index (χ1n) is 4.59. The number of ketones is 1. The SMILES string of the molecule is CC1(C)SCc2c(Br)ccc(F)c2C1=O. The fourth-order valence-electron chi connectivity index (χ4n) is 1.60. The maximum absolute atomic E-state index is 13.6. The minimum Gasteiger partial charge on any atom is -0.293 e. The average molecular weight is 289 g/mol. The standard InChI is InChI=1S/C11H10BrFOS/c1-11(2)10(14)9-6(5-15-11)7(12)3-4-8(9)13/h3-4H,5H2,1-2H3. The van der Waals surface area contributed by atoms with E-state index in [-0.39, 0.29) is 11.3 Å². The van der Waals surface area contributed by atoms with Gasteiger partial charge in [-0.1, -0.05) is 15.9 Å². The van der Waals surface area contributed by atoms with Crippen LogP contribution in [0.15, 0.2) is 16.6 Å². The monoisotopic (exact) mass is 288 g/mol. The maximum atomic E-state index is 13.6. The molecule has 0 amide bonds. The molecule has 0 saturated heterocycles. The molecule has 1 aliphatic heterocycles. The van der Waals surface area contributed by atoms with E-state index in [4.69, 9.17) is 0 Å². The summed E-state index contributed by atoms with van der Waals surface area (Å²) in [5, 5.41) is 0. The van der Waals surface area contributed by atoms with Gasteiger partial charge < -0.3 is 0 Å². The van der Waals surface area contributed by atoms with Gasteiger partial charge in [-0.2, -0.15) is 0 Å². The fourth-order valence-corrected chi connectivity index (χ4v) is 3.29. The number of hydrogen-bond acceptors (Lipinski definition) is 2. The molecule has 0 spiro atoms. The van der Waals surface area contributed by atoms with Crippen LogP contribution in [0.25, 0.3) is 0 Å². The van der Waals surface area contributed by atoms with Crippen molar-refractivity contribution in [1.29, 1.82) is 0 Å². The fraction of sp³-hybridized carbons (Fsp3) is 0.364. The normalized spacial score (nSPS) is 18.8. The Kier molecular flexibility index (Phi) is 2.67. The number of carbonyl (C=O) groups excluding carboxylic acids is 1. The molecule has 1 aliphatic rings. The first-order valence-corrected chi connectivity index (χ1v) is 6.37. The summed E-state index contributed by atoms with van der Waals surface area (Å²) in [5.41, 5.74) is 1.04. The summed E-state index contributed by atoms with van der Waals surface area (Å²) in [4.78, 5) is 12.0. The van der Waals surface area contributed by atoms with Crippen LogP contribution in [0.4, 0.5) is 4.39 Å². The zero-order valence-corrected chi connectivity index (χ0v) is 10.8. The molecule has 1 aromatic rings. The van der Waals surface area contributed by atoms with Crippen LogP contribution in [-0.4, -0.2) is 10.5 Å².